The normalized spacial score (nSPS) is 13.4. The highest BCUT2D eigenvalue weighted by Gasteiger charge is 2.26. The third kappa shape index (κ3) is 2.88. The summed E-state index contributed by atoms with van der Waals surface area (Å²) in [6, 6.07) is 24.9. The first-order valence-electron chi connectivity index (χ1n) is 13.0. The first kappa shape index (κ1) is 21.6. The molecule has 3 aromatic heterocycles. The largest absolute Gasteiger partial charge is 0.308 e. The predicted octanol–water partition coefficient (Wildman–Crippen LogP) is 9.42. The van der Waals surface area contributed by atoms with Gasteiger partial charge in [0.25, 0.3) is 0 Å². The molecular weight excluding hydrogens is 436 g/mol. The van der Waals surface area contributed by atoms with Gasteiger partial charge in [0.1, 0.15) is 0 Å². The van der Waals surface area contributed by atoms with Crippen LogP contribution in [0, 0.1) is 5.41 Å². The van der Waals surface area contributed by atoms with Crippen molar-refractivity contribution in [2.75, 3.05) is 0 Å². The lowest BCUT2D eigenvalue weighted by atomic mass is 9.84. The molecule has 0 unspecified atom stereocenters. The molecule has 0 N–H and O–H groups in total. The molecule has 0 amide bonds. The van der Waals surface area contributed by atoms with E-state index in [1.807, 2.05) is 6.20 Å². The zero-order valence-electron chi connectivity index (χ0n) is 22.0. The van der Waals surface area contributed by atoms with Gasteiger partial charge < -0.3 is 4.40 Å². The Morgan fingerprint density at radius 1 is 0.694 bits per heavy atom. The number of aromatic nitrogens is 2. The molecular formula is C34H32N2. The Morgan fingerprint density at radius 3 is 2.28 bits per heavy atom. The van der Waals surface area contributed by atoms with E-state index in [1.54, 1.807) is 0 Å². The van der Waals surface area contributed by atoms with Crippen molar-refractivity contribution in [3.63, 3.8) is 0 Å². The average Bonchev–Trinajstić information content (AvgIpc) is 3.17. The van der Waals surface area contributed by atoms with Crippen molar-refractivity contribution in [1.82, 2.24) is 9.38 Å². The van der Waals surface area contributed by atoms with Crippen LogP contribution in [0.4, 0.5) is 0 Å². The lowest BCUT2D eigenvalue weighted by molar-refractivity contribution is 0.413. The van der Waals surface area contributed by atoms with Crippen LogP contribution in [-0.4, -0.2) is 9.38 Å². The summed E-state index contributed by atoms with van der Waals surface area (Å²) in [5.74, 6) is 0. The third-order valence-corrected chi connectivity index (χ3v) is 7.80. The number of nitrogens with zero attached hydrogens (tertiary/aromatic N) is 2. The monoisotopic (exact) mass is 468 g/mol. The fourth-order valence-electron chi connectivity index (χ4n) is 6.43. The van der Waals surface area contributed by atoms with Crippen LogP contribution in [0.3, 0.4) is 0 Å². The summed E-state index contributed by atoms with van der Waals surface area (Å²) in [4.78, 5) is 5.03. The van der Waals surface area contributed by atoms with Crippen molar-refractivity contribution >= 4 is 59.8 Å². The highest BCUT2D eigenvalue weighted by Crippen LogP contribution is 2.45. The van der Waals surface area contributed by atoms with Gasteiger partial charge in [0, 0.05) is 27.7 Å². The first-order chi connectivity index (χ1) is 17.1. The number of benzene rings is 4. The maximum absolute atomic E-state index is 5.03. The minimum Gasteiger partial charge on any atom is -0.308 e. The number of rotatable bonds is 1. The van der Waals surface area contributed by atoms with Crippen LogP contribution in [0.15, 0.2) is 72.9 Å². The molecule has 0 bridgehead atoms. The Labute approximate surface area is 211 Å². The topological polar surface area (TPSA) is 17.3 Å². The van der Waals surface area contributed by atoms with E-state index in [1.165, 1.54) is 65.4 Å². The van der Waals surface area contributed by atoms with Crippen molar-refractivity contribution in [3.05, 3.63) is 84.1 Å². The van der Waals surface area contributed by atoms with E-state index in [-0.39, 0.29) is 10.8 Å². The van der Waals surface area contributed by atoms with Crippen LogP contribution in [0.5, 0.6) is 0 Å². The maximum atomic E-state index is 5.03. The van der Waals surface area contributed by atoms with E-state index in [0.717, 1.165) is 11.9 Å². The lowest BCUT2D eigenvalue weighted by Gasteiger charge is -2.23. The van der Waals surface area contributed by atoms with Crippen LogP contribution in [0.1, 0.15) is 52.7 Å². The predicted molar refractivity (Wildman–Crippen MR) is 156 cm³/mol. The van der Waals surface area contributed by atoms with Crippen LogP contribution in [0.25, 0.3) is 59.8 Å². The van der Waals surface area contributed by atoms with E-state index < -0.39 is 0 Å². The van der Waals surface area contributed by atoms with Crippen LogP contribution < -0.4 is 0 Å². The summed E-state index contributed by atoms with van der Waals surface area (Å²) in [5, 5.41) is 9.12. The molecule has 0 fully saturated rings. The third-order valence-electron chi connectivity index (χ3n) is 7.80. The number of fused-ring (bicyclic) bond motifs is 7. The van der Waals surface area contributed by atoms with Crippen LogP contribution in [-0.2, 0) is 11.8 Å². The van der Waals surface area contributed by atoms with Gasteiger partial charge in [-0.2, -0.15) is 0 Å². The summed E-state index contributed by atoms with van der Waals surface area (Å²) in [6.07, 6.45) is 2.97. The molecule has 0 atom stereocenters. The molecule has 7 aromatic rings. The van der Waals surface area contributed by atoms with Gasteiger partial charge in [-0.1, -0.05) is 90.1 Å². The number of hydrogen-bond donors (Lipinski definition) is 0. The Morgan fingerprint density at radius 2 is 1.50 bits per heavy atom. The van der Waals surface area contributed by atoms with Crippen molar-refractivity contribution in [1.29, 1.82) is 0 Å². The van der Waals surface area contributed by atoms with Gasteiger partial charge in [0.15, 0.2) is 0 Å². The van der Waals surface area contributed by atoms with Crippen molar-refractivity contribution < 1.29 is 0 Å². The second-order valence-corrected chi connectivity index (χ2v) is 12.7. The molecule has 3 heterocycles. The summed E-state index contributed by atoms with van der Waals surface area (Å²) >= 11 is 0. The summed E-state index contributed by atoms with van der Waals surface area (Å²) in [7, 11) is 0. The Kier molecular flexibility index (Phi) is 4.19. The molecule has 0 saturated heterocycles. The lowest BCUT2D eigenvalue weighted by Crippen LogP contribution is -2.12. The van der Waals surface area contributed by atoms with Crippen molar-refractivity contribution in [2.45, 2.75) is 53.4 Å². The number of pyridine rings is 2. The van der Waals surface area contributed by atoms with Crippen molar-refractivity contribution in [3.8, 4) is 0 Å². The molecule has 0 spiro atoms. The van der Waals surface area contributed by atoms with E-state index in [4.69, 9.17) is 4.98 Å². The molecule has 2 heteroatoms. The Hall–Kier alpha value is -3.65. The van der Waals surface area contributed by atoms with Gasteiger partial charge in [-0.3, -0.25) is 4.98 Å². The van der Waals surface area contributed by atoms with E-state index >= 15 is 0 Å². The Bertz CT molecular complexity index is 1970. The fraction of sp³-hybridized carbons (Fsp3) is 0.265. The van der Waals surface area contributed by atoms with E-state index in [9.17, 15) is 0 Å². The standard InChI is InChI=1S/C34H32N2/c1-33(2,3)19-25-22-11-8-7-10-21(22)18-24-30-28-20(16-17-35-30)14-15-23-29-26(34(4,5)6)12-9-13-27(29)36(31(24)25)32(23)28/h7-18H,19H2,1-6H3. The molecule has 2 nitrogen and oxygen atoms in total. The molecule has 0 radical (unpaired) electrons. The van der Waals surface area contributed by atoms with E-state index in [0.29, 0.717) is 0 Å². The highest BCUT2D eigenvalue weighted by molar-refractivity contribution is 6.29. The summed E-state index contributed by atoms with van der Waals surface area (Å²) < 4.78 is 2.58. The molecule has 178 valence electrons. The van der Waals surface area contributed by atoms with Gasteiger partial charge in [0.05, 0.1) is 22.1 Å². The minimum atomic E-state index is 0.0415. The molecule has 4 aromatic carbocycles. The zero-order valence-corrected chi connectivity index (χ0v) is 22.0. The SMILES string of the molecule is CC(C)(C)Cc1c2ccccc2cc2c3nccc4ccc5c6c(C(C)(C)C)cccc6n(c12)c5c43. The van der Waals surface area contributed by atoms with E-state index in [2.05, 4.69) is 113 Å². The molecule has 7 rings (SSSR count). The second kappa shape index (κ2) is 6.97. The second-order valence-electron chi connectivity index (χ2n) is 12.7. The fourth-order valence-corrected chi connectivity index (χ4v) is 6.43. The molecule has 0 aliphatic rings. The molecule has 36 heavy (non-hydrogen) atoms. The van der Waals surface area contributed by atoms with Gasteiger partial charge in [-0.05, 0) is 62.7 Å². The van der Waals surface area contributed by atoms with Gasteiger partial charge >= 0.3 is 0 Å². The van der Waals surface area contributed by atoms with Crippen molar-refractivity contribution in [2.24, 2.45) is 5.41 Å². The molecule has 0 aliphatic carbocycles. The molecule has 0 saturated carbocycles. The van der Waals surface area contributed by atoms with Crippen LogP contribution >= 0.6 is 0 Å². The van der Waals surface area contributed by atoms with Gasteiger partial charge in [-0.25, -0.2) is 0 Å². The first-order valence-corrected chi connectivity index (χ1v) is 13.0. The summed E-state index contributed by atoms with van der Waals surface area (Å²) in [6.45, 7) is 14.0. The minimum absolute atomic E-state index is 0.0415. The van der Waals surface area contributed by atoms with Gasteiger partial charge in [-0.15, -0.1) is 0 Å². The average molecular weight is 469 g/mol. The zero-order chi connectivity index (χ0) is 25.0. The maximum Gasteiger partial charge on any atom is 0.0823 e. The van der Waals surface area contributed by atoms with Crippen LogP contribution in [0.2, 0.25) is 0 Å². The molecule has 0 aliphatic heterocycles. The Balaban J connectivity index is 1.88. The highest BCUT2D eigenvalue weighted by atomic mass is 14.9. The summed E-state index contributed by atoms with van der Waals surface area (Å²) in [5.41, 5.74) is 8.03. The smallest absolute Gasteiger partial charge is 0.0823 e. The number of hydrogen-bond acceptors (Lipinski definition) is 1. The quantitative estimate of drug-likeness (QED) is 0.173. The van der Waals surface area contributed by atoms with Gasteiger partial charge in [0.2, 0.25) is 0 Å².